The van der Waals surface area contributed by atoms with Gasteiger partial charge in [0.15, 0.2) is 0 Å². The molecule has 0 bridgehead atoms. The molecule has 9 nitrogen and oxygen atoms in total. The van der Waals surface area contributed by atoms with Gasteiger partial charge in [-0.15, -0.1) is 0 Å². The quantitative estimate of drug-likeness (QED) is 0.645. The Hall–Kier alpha value is -2.16. The molecule has 3 saturated heterocycles. The van der Waals surface area contributed by atoms with E-state index in [1.54, 1.807) is 0 Å². The SMILES string of the molecule is O=C1CCC(C(=O)N2CCCN(CC(=O)N3CCCCCC3)CC2)N1.O=CO. The van der Waals surface area contributed by atoms with E-state index in [-0.39, 0.29) is 30.2 Å². The standard InChI is InChI=1S/C18H30N4O3.CH2O2/c23-16-7-6-15(19-16)18(25)22-11-5-8-20(12-13-22)14-17(24)21-9-3-1-2-4-10-21;2-1-3/h15H,1-14H2,(H,19,23);1H,(H,2,3). The minimum Gasteiger partial charge on any atom is -0.483 e. The number of carbonyl (C=O) groups is 4. The molecule has 0 aromatic heterocycles. The second kappa shape index (κ2) is 11.6. The zero-order valence-electron chi connectivity index (χ0n) is 16.5. The molecule has 158 valence electrons. The maximum atomic E-state index is 12.5. The highest BCUT2D eigenvalue weighted by Gasteiger charge is 2.31. The molecule has 3 aliphatic rings. The van der Waals surface area contributed by atoms with Crippen LogP contribution in [0, 0.1) is 0 Å². The van der Waals surface area contributed by atoms with Crippen molar-refractivity contribution >= 4 is 24.2 Å². The van der Waals surface area contributed by atoms with Crippen molar-refractivity contribution in [2.75, 3.05) is 45.8 Å². The van der Waals surface area contributed by atoms with Crippen LogP contribution in [0.5, 0.6) is 0 Å². The van der Waals surface area contributed by atoms with Crippen LogP contribution in [0.25, 0.3) is 0 Å². The fraction of sp³-hybridized carbons (Fsp3) is 0.789. The summed E-state index contributed by atoms with van der Waals surface area (Å²) >= 11 is 0. The predicted octanol–water partition coefficient (Wildman–Crippen LogP) is -0.0973. The Bertz CT molecular complexity index is 548. The first kappa shape index (κ1) is 22.1. The number of likely N-dealkylation sites (tertiary alicyclic amines) is 1. The van der Waals surface area contributed by atoms with Crippen LogP contribution in [0.2, 0.25) is 0 Å². The van der Waals surface area contributed by atoms with Crippen LogP contribution in [-0.4, -0.2) is 95.9 Å². The first-order chi connectivity index (χ1) is 13.5. The van der Waals surface area contributed by atoms with Gasteiger partial charge in [-0.3, -0.25) is 24.1 Å². The Kier molecular flexibility index (Phi) is 9.19. The minimum absolute atomic E-state index is 0.0298. The summed E-state index contributed by atoms with van der Waals surface area (Å²) in [6.45, 7) is 4.91. The number of nitrogens with zero attached hydrogens (tertiary/aromatic N) is 3. The molecule has 3 fully saturated rings. The third-order valence-electron chi connectivity index (χ3n) is 5.51. The maximum absolute atomic E-state index is 12.5. The number of amides is 3. The van der Waals surface area contributed by atoms with Gasteiger partial charge in [-0.1, -0.05) is 12.8 Å². The number of hydrogen-bond donors (Lipinski definition) is 2. The van der Waals surface area contributed by atoms with Crippen molar-refractivity contribution in [1.82, 2.24) is 20.0 Å². The normalized spacial score (nSPS) is 23.7. The molecular formula is C19H32N4O5. The molecule has 1 unspecified atom stereocenters. The van der Waals surface area contributed by atoms with Crippen molar-refractivity contribution in [2.45, 2.75) is 51.0 Å². The molecule has 0 aromatic carbocycles. The molecular weight excluding hydrogens is 364 g/mol. The number of hydrogen-bond acceptors (Lipinski definition) is 5. The monoisotopic (exact) mass is 396 g/mol. The number of nitrogens with one attached hydrogen (secondary N) is 1. The molecule has 0 radical (unpaired) electrons. The largest absolute Gasteiger partial charge is 0.483 e. The number of carboxylic acid groups (broad SMARTS) is 1. The molecule has 3 heterocycles. The van der Waals surface area contributed by atoms with Gasteiger partial charge in [0.05, 0.1) is 6.54 Å². The lowest BCUT2D eigenvalue weighted by Crippen LogP contribution is -2.46. The van der Waals surface area contributed by atoms with E-state index in [9.17, 15) is 14.4 Å². The zero-order valence-corrected chi connectivity index (χ0v) is 16.5. The summed E-state index contributed by atoms with van der Waals surface area (Å²) in [4.78, 5) is 50.8. The van der Waals surface area contributed by atoms with E-state index in [2.05, 4.69) is 10.2 Å². The molecule has 3 amide bonds. The van der Waals surface area contributed by atoms with Crippen LogP contribution in [-0.2, 0) is 19.2 Å². The maximum Gasteiger partial charge on any atom is 0.290 e. The van der Waals surface area contributed by atoms with Crippen molar-refractivity contribution < 1.29 is 24.3 Å². The highest BCUT2D eigenvalue weighted by atomic mass is 16.3. The first-order valence-electron chi connectivity index (χ1n) is 10.2. The van der Waals surface area contributed by atoms with Gasteiger partial charge in [-0.25, -0.2) is 0 Å². The van der Waals surface area contributed by atoms with Gasteiger partial charge in [-0.2, -0.15) is 0 Å². The van der Waals surface area contributed by atoms with Crippen LogP contribution in [0.4, 0.5) is 0 Å². The third-order valence-corrected chi connectivity index (χ3v) is 5.51. The lowest BCUT2D eigenvalue weighted by molar-refractivity contribution is -0.134. The summed E-state index contributed by atoms with van der Waals surface area (Å²) in [7, 11) is 0. The molecule has 0 aliphatic carbocycles. The van der Waals surface area contributed by atoms with Crippen molar-refractivity contribution in [2.24, 2.45) is 0 Å². The molecule has 1 atom stereocenters. The van der Waals surface area contributed by atoms with Gasteiger partial charge in [0, 0.05) is 45.7 Å². The Morgan fingerprint density at radius 3 is 2.21 bits per heavy atom. The van der Waals surface area contributed by atoms with Crippen molar-refractivity contribution in [3.63, 3.8) is 0 Å². The molecule has 0 saturated carbocycles. The van der Waals surface area contributed by atoms with E-state index >= 15 is 0 Å². The average Bonchev–Trinajstić information content (AvgIpc) is 2.88. The highest BCUT2D eigenvalue weighted by Crippen LogP contribution is 2.13. The van der Waals surface area contributed by atoms with E-state index in [0.717, 1.165) is 45.4 Å². The molecule has 2 N–H and O–H groups in total. The smallest absolute Gasteiger partial charge is 0.290 e. The fourth-order valence-corrected chi connectivity index (χ4v) is 3.98. The van der Waals surface area contributed by atoms with Crippen molar-refractivity contribution in [3.05, 3.63) is 0 Å². The van der Waals surface area contributed by atoms with Gasteiger partial charge in [0.1, 0.15) is 6.04 Å². The van der Waals surface area contributed by atoms with Gasteiger partial charge >= 0.3 is 0 Å². The summed E-state index contributed by atoms with van der Waals surface area (Å²) in [5.74, 6) is 0.231. The topological polar surface area (TPSA) is 110 Å². The second-order valence-corrected chi connectivity index (χ2v) is 7.51. The molecule has 9 heteroatoms. The molecule has 0 aromatic rings. The summed E-state index contributed by atoms with van der Waals surface area (Å²) in [5.41, 5.74) is 0. The zero-order chi connectivity index (χ0) is 20.4. The summed E-state index contributed by atoms with van der Waals surface area (Å²) in [6, 6.07) is -0.349. The van der Waals surface area contributed by atoms with Gasteiger partial charge < -0.3 is 20.2 Å². The van der Waals surface area contributed by atoms with E-state index in [0.29, 0.717) is 32.5 Å². The Morgan fingerprint density at radius 2 is 1.61 bits per heavy atom. The van der Waals surface area contributed by atoms with E-state index in [1.807, 2.05) is 9.80 Å². The van der Waals surface area contributed by atoms with Gasteiger partial charge in [0.2, 0.25) is 17.7 Å². The number of carbonyl (C=O) groups excluding carboxylic acids is 3. The average molecular weight is 396 g/mol. The molecule has 28 heavy (non-hydrogen) atoms. The number of rotatable bonds is 3. The predicted molar refractivity (Wildman–Crippen MR) is 103 cm³/mol. The first-order valence-corrected chi connectivity index (χ1v) is 10.2. The van der Waals surface area contributed by atoms with E-state index in [1.165, 1.54) is 12.8 Å². The lowest BCUT2D eigenvalue weighted by Gasteiger charge is -2.26. The molecule has 3 aliphatic heterocycles. The van der Waals surface area contributed by atoms with E-state index in [4.69, 9.17) is 9.90 Å². The Balaban J connectivity index is 0.000000878. The second-order valence-electron chi connectivity index (χ2n) is 7.51. The van der Waals surface area contributed by atoms with Crippen molar-refractivity contribution in [3.8, 4) is 0 Å². The molecule has 3 rings (SSSR count). The summed E-state index contributed by atoms with van der Waals surface area (Å²) in [6.07, 6.45) is 6.60. The lowest BCUT2D eigenvalue weighted by atomic mass is 10.2. The molecule has 0 spiro atoms. The highest BCUT2D eigenvalue weighted by molar-refractivity contribution is 5.90. The van der Waals surface area contributed by atoms with Gasteiger partial charge in [0.25, 0.3) is 6.47 Å². The third kappa shape index (κ3) is 6.78. The summed E-state index contributed by atoms with van der Waals surface area (Å²) < 4.78 is 0. The van der Waals surface area contributed by atoms with Crippen LogP contribution in [0.3, 0.4) is 0 Å². The van der Waals surface area contributed by atoms with Crippen molar-refractivity contribution in [1.29, 1.82) is 0 Å². The van der Waals surface area contributed by atoms with Crippen LogP contribution < -0.4 is 5.32 Å². The van der Waals surface area contributed by atoms with Crippen LogP contribution >= 0.6 is 0 Å². The fourth-order valence-electron chi connectivity index (χ4n) is 3.98. The van der Waals surface area contributed by atoms with E-state index < -0.39 is 0 Å². The van der Waals surface area contributed by atoms with Gasteiger partial charge in [-0.05, 0) is 25.7 Å². The van der Waals surface area contributed by atoms with Crippen LogP contribution in [0.15, 0.2) is 0 Å². The Labute approximate surface area is 166 Å². The van der Waals surface area contributed by atoms with Crippen LogP contribution in [0.1, 0.15) is 44.9 Å². The minimum atomic E-state index is -0.349. The Morgan fingerprint density at radius 1 is 0.964 bits per heavy atom. The summed E-state index contributed by atoms with van der Waals surface area (Å²) in [5, 5.41) is 9.65.